The van der Waals surface area contributed by atoms with Gasteiger partial charge in [-0.1, -0.05) is 56.0 Å². The Bertz CT molecular complexity index is 882. The third-order valence-electron chi connectivity index (χ3n) is 4.02. The van der Waals surface area contributed by atoms with E-state index in [9.17, 15) is 22.8 Å². The second-order valence-corrected chi connectivity index (χ2v) is 10.2. The lowest BCUT2D eigenvalue weighted by Gasteiger charge is -2.21. The van der Waals surface area contributed by atoms with E-state index >= 15 is 0 Å². The third-order valence-corrected chi connectivity index (χ3v) is 6.57. The van der Waals surface area contributed by atoms with Gasteiger partial charge in [-0.25, -0.2) is 13.2 Å². The zero-order chi connectivity index (χ0) is 23.6. The van der Waals surface area contributed by atoms with Crippen molar-refractivity contribution >= 4 is 38.8 Å². The number of hydrogen-bond acceptors (Lipinski definition) is 7. The number of hydrogen-bond donors (Lipinski definition) is 2. The average Bonchev–Trinajstić information content (AvgIpc) is 2.68. The van der Waals surface area contributed by atoms with Crippen LogP contribution < -0.4 is 10.0 Å². The maximum atomic E-state index is 12.8. The van der Waals surface area contributed by atoms with Crippen LogP contribution in [0.1, 0.15) is 32.8 Å². The molecule has 10 heteroatoms. The maximum absolute atomic E-state index is 12.8. The fourth-order valence-corrected chi connectivity index (χ4v) is 4.75. The van der Waals surface area contributed by atoms with Crippen LogP contribution in [0.4, 0.5) is 0 Å². The van der Waals surface area contributed by atoms with E-state index in [1.165, 1.54) is 25.1 Å². The van der Waals surface area contributed by atoms with Gasteiger partial charge in [-0.3, -0.25) is 9.59 Å². The minimum Gasteiger partial charge on any atom is -0.460 e. The van der Waals surface area contributed by atoms with Crippen LogP contribution in [0.25, 0.3) is 0 Å². The second kappa shape index (κ2) is 12.6. The van der Waals surface area contributed by atoms with E-state index in [4.69, 9.17) is 4.74 Å². The van der Waals surface area contributed by atoms with Crippen molar-refractivity contribution in [3.63, 3.8) is 0 Å². The second-order valence-electron chi connectivity index (χ2n) is 7.42. The van der Waals surface area contributed by atoms with Gasteiger partial charge in [-0.05, 0) is 31.4 Å². The quantitative estimate of drug-likeness (QED) is 0.355. The van der Waals surface area contributed by atoms with Gasteiger partial charge in [0, 0.05) is 12.7 Å². The predicted molar refractivity (Wildman–Crippen MR) is 121 cm³/mol. The van der Waals surface area contributed by atoms with Gasteiger partial charge in [-0.2, -0.15) is 4.72 Å². The fraction of sp³-hybridized carbons (Fsp3) is 0.476. The van der Waals surface area contributed by atoms with Crippen molar-refractivity contribution in [3.05, 3.63) is 42.5 Å². The number of carbonyl (C=O) groups is 3. The van der Waals surface area contributed by atoms with Crippen LogP contribution in [-0.2, 0) is 29.1 Å². The molecule has 0 unspecified atom stereocenters. The van der Waals surface area contributed by atoms with E-state index in [0.29, 0.717) is 0 Å². The molecule has 0 spiro atoms. The molecule has 1 amide bonds. The van der Waals surface area contributed by atoms with E-state index in [-0.39, 0.29) is 29.6 Å². The molecule has 2 N–H and O–H groups in total. The van der Waals surface area contributed by atoms with Crippen molar-refractivity contribution in [1.82, 2.24) is 10.0 Å². The van der Waals surface area contributed by atoms with Gasteiger partial charge in [0.1, 0.15) is 12.6 Å². The summed E-state index contributed by atoms with van der Waals surface area (Å²) in [4.78, 5) is 36.4. The highest BCUT2D eigenvalue weighted by Gasteiger charge is 2.29. The van der Waals surface area contributed by atoms with Crippen molar-refractivity contribution in [1.29, 1.82) is 0 Å². The van der Waals surface area contributed by atoms with Crippen molar-refractivity contribution < 1.29 is 27.5 Å². The van der Waals surface area contributed by atoms with Crippen LogP contribution in [0.15, 0.2) is 41.8 Å². The monoisotopic (exact) mass is 470 g/mol. The Kier molecular flexibility index (Phi) is 10.9. The number of esters is 1. The van der Waals surface area contributed by atoms with Gasteiger partial charge >= 0.3 is 5.97 Å². The highest BCUT2D eigenvalue weighted by Crippen LogP contribution is 2.18. The molecule has 2 atom stereocenters. The molecule has 31 heavy (non-hydrogen) atoms. The summed E-state index contributed by atoms with van der Waals surface area (Å²) in [5, 5.41) is 2.00. The molecular formula is C21H30N2O6S2. The molecule has 1 rings (SSSR count). The number of ether oxygens (including phenoxy) is 1. The van der Waals surface area contributed by atoms with Gasteiger partial charge in [-0.15, -0.1) is 0 Å². The van der Waals surface area contributed by atoms with E-state index in [2.05, 4.69) is 16.6 Å². The lowest BCUT2D eigenvalue weighted by molar-refractivity contribution is -0.145. The topological polar surface area (TPSA) is 119 Å². The van der Waals surface area contributed by atoms with Crippen LogP contribution in [0.5, 0.6) is 0 Å². The van der Waals surface area contributed by atoms with Gasteiger partial charge in [0.05, 0.1) is 10.9 Å². The molecule has 0 saturated carbocycles. The highest BCUT2D eigenvalue weighted by molar-refractivity contribution is 8.13. The number of benzene rings is 1. The van der Waals surface area contributed by atoms with Crippen LogP contribution in [-0.4, -0.2) is 49.9 Å². The molecule has 0 bridgehead atoms. The lowest BCUT2D eigenvalue weighted by Crippen LogP contribution is -2.44. The van der Waals surface area contributed by atoms with Crippen LogP contribution in [0.2, 0.25) is 0 Å². The molecule has 1 aromatic rings. The van der Waals surface area contributed by atoms with Gasteiger partial charge < -0.3 is 10.1 Å². The molecule has 0 heterocycles. The summed E-state index contributed by atoms with van der Waals surface area (Å²) < 4.78 is 32.9. The van der Waals surface area contributed by atoms with Crippen molar-refractivity contribution in [2.45, 2.75) is 51.1 Å². The standard InChI is InChI=1S/C21H30N2O6S2/c1-6-11-29-20(25)19(22-16(5)24)13-30-21(26)18(12-14(2)3)23-31(27,28)17-9-7-15(4)8-10-17/h6-10,14,18-19,23H,1,11-13H2,2-5H3,(H,22,24)/t18-,19-/m0/s1. The molecular weight excluding hydrogens is 440 g/mol. The molecule has 0 aliphatic rings. The summed E-state index contributed by atoms with van der Waals surface area (Å²) in [5.41, 5.74) is 0.914. The number of amides is 1. The van der Waals surface area contributed by atoms with Crippen molar-refractivity contribution in [3.8, 4) is 0 Å². The number of carbonyl (C=O) groups excluding carboxylic acids is 3. The number of nitrogens with one attached hydrogen (secondary N) is 2. The summed E-state index contributed by atoms with van der Waals surface area (Å²) in [6.45, 7) is 10.3. The van der Waals surface area contributed by atoms with Crippen molar-refractivity contribution in [2.24, 2.45) is 5.92 Å². The van der Waals surface area contributed by atoms with Crippen LogP contribution >= 0.6 is 11.8 Å². The first-order valence-electron chi connectivity index (χ1n) is 9.76. The van der Waals surface area contributed by atoms with Gasteiger partial charge in [0.2, 0.25) is 21.0 Å². The molecule has 0 aromatic heterocycles. The van der Waals surface area contributed by atoms with E-state index in [1.807, 2.05) is 20.8 Å². The van der Waals surface area contributed by atoms with Gasteiger partial charge in [0.15, 0.2) is 0 Å². The normalized spacial score (nSPS) is 13.3. The van der Waals surface area contributed by atoms with Crippen molar-refractivity contribution in [2.75, 3.05) is 12.4 Å². The molecule has 8 nitrogen and oxygen atoms in total. The number of rotatable bonds is 12. The summed E-state index contributed by atoms with van der Waals surface area (Å²) in [5.74, 6) is -1.20. The average molecular weight is 471 g/mol. The SMILES string of the molecule is C=CCOC(=O)[C@H](CSC(=O)[C@H](CC(C)C)NS(=O)(=O)c1ccc(C)cc1)NC(C)=O. The Morgan fingerprint density at radius 1 is 1.16 bits per heavy atom. The van der Waals surface area contributed by atoms with Gasteiger partial charge in [0.25, 0.3) is 0 Å². The Balaban J connectivity index is 2.93. The minimum absolute atomic E-state index is 0.0279. The first-order valence-corrected chi connectivity index (χ1v) is 12.2. The summed E-state index contributed by atoms with van der Waals surface area (Å²) in [7, 11) is -3.91. The molecule has 0 aliphatic heterocycles. The summed E-state index contributed by atoms with van der Waals surface area (Å²) in [6.07, 6.45) is 1.67. The first kappa shape index (κ1) is 26.9. The Morgan fingerprint density at radius 2 is 1.77 bits per heavy atom. The largest absolute Gasteiger partial charge is 0.460 e. The Morgan fingerprint density at radius 3 is 2.29 bits per heavy atom. The number of sulfonamides is 1. The zero-order valence-electron chi connectivity index (χ0n) is 18.2. The third kappa shape index (κ3) is 9.67. The number of thioether (sulfide) groups is 1. The molecule has 0 radical (unpaired) electrons. The molecule has 0 saturated heterocycles. The Labute approximate surface area is 188 Å². The number of aryl methyl sites for hydroxylation is 1. The minimum atomic E-state index is -3.91. The zero-order valence-corrected chi connectivity index (χ0v) is 19.8. The first-order chi connectivity index (χ1) is 14.5. The van der Waals surface area contributed by atoms with E-state index in [0.717, 1.165) is 17.3 Å². The van der Waals surface area contributed by atoms with Crippen LogP contribution in [0, 0.1) is 12.8 Å². The highest BCUT2D eigenvalue weighted by atomic mass is 32.2. The van der Waals surface area contributed by atoms with E-state index < -0.39 is 39.1 Å². The Hall–Kier alpha value is -2.17. The molecule has 1 aromatic carbocycles. The lowest BCUT2D eigenvalue weighted by atomic mass is 10.1. The molecule has 172 valence electrons. The molecule has 0 fully saturated rings. The summed E-state index contributed by atoms with van der Waals surface area (Å²) >= 11 is 0.769. The summed E-state index contributed by atoms with van der Waals surface area (Å²) in [6, 6.07) is 4.28. The maximum Gasteiger partial charge on any atom is 0.329 e. The predicted octanol–water partition coefficient (Wildman–Crippen LogP) is 2.18. The van der Waals surface area contributed by atoms with E-state index in [1.54, 1.807) is 12.1 Å². The fourth-order valence-electron chi connectivity index (χ4n) is 2.56. The smallest absolute Gasteiger partial charge is 0.329 e. The molecule has 0 aliphatic carbocycles. The van der Waals surface area contributed by atoms with Crippen LogP contribution in [0.3, 0.4) is 0 Å².